The van der Waals surface area contributed by atoms with Gasteiger partial charge in [-0.1, -0.05) is 5.92 Å². The normalized spacial score (nSPS) is 9.31. The maximum atomic E-state index is 11.3. The van der Waals surface area contributed by atoms with Gasteiger partial charge in [-0.2, -0.15) is 0 Å². The average Bonchev–Trinajstić information content (AvgIpc) is 2.12. The fraction of sp³-hybridized carbons (Fsp3) is 0.700. The summed E-state index contributed by atoms with van der Waals surface area (Å²) < 4.78 is 5.11. The van der Waals surface area contributed by atoms with Crippen LogP contribution >= 0.6 is 0 Å². The standard InChI is InChI=1S/C10H17NO2/c1-4-8-11(3)10(12)7-6-9-13-5-2/h1H,5-9H2,2-3H3. The van der Waals surface area contributed by atoms with E-state index in [4.69, 9.17) is 11.2 Å². The average molecular weight is 183 g/mol. The topological polar surface area (TPSA) is 29.5 Å². The molecule has 3 nitrogen and oxygen atoms in total. The quantitative estimate of drug-likeness (QED) is 0.452. The first-order valence-corrected chi connectivity index (χ1v) is 4.47. The van der Waals surface area contributed by atoms with Gasteiger partial charge in [-0.05, 0) is 13.3 Å². The first-order valence-electron chi connectivity index (χ1n) is 4.47. The van der Waals surface area contributed by atoms with Crippen LogP contribution in [0.4, 0.5) is 0 Å². The van der Waals surface area contributed by atoms with E-state index >= 15 is 0 Å². The summed E-state index contributed by atoms with van der Waals surface area (Å²) in [7, 11) is 1.71. The third-order valence-electron chi connectivity index (χ3n) is 1.64. The molecule has 0 saturated carbocycles. The Morgan fingerprint density at radius 1 is 1.62 bits per heavy atom. The van der Waals surface area contributed by atoms with E-state index in [0.29, 0.717) is 26.2 Å². The van der Waals surface area contributed by atoms with Crippen molar-refractivity contribution in [2.24, 2.45) is 0 Å². The van der Waals surface area contributed by atoms with Gasteiger partial charge in [0.15, 0.2) is 0 Å². The van der Waals surface area contributed by atoms with Crippen molar-refractivity contribution in [3.63, 3.8) is 0 Å². The molecule has 0 bridgehead atoms. The van der Waals surface area contributed by atoms with Gasteiger partial charge in [-0.15, -0.1) is 6.42 Å². The minimum Gasteiger partial charge on any atom is -0.382 e. The van der Waals surface area contributed by atoms with E-state index in [1.807, 2.05) is 6.92 Å². The SMILES string of the molecule is C#CCN(C)C(=O)CCCOCC. The molecule has 0 heterocycles. The minimum atomic E-state index is 0.0812. The van der Waals surface area contributed by atoms with Crippen LogP contribution in [0.1, 0.15) is 19.8 Å². The van der Waals surface area contributed by atoms with E-state index in [1.165, 1.54) is 0 Å². The summed E-state index contributed by atoms with van der Waals surface area (Å²) in [5.41, 5.74) is 0. The van der Waals surface area contributed by atoms with Gasteiger partial charge in [0.05, 0.1) is 6.54 Å². The highest BCUT2D eigenvalue weighted by atomic mass is 16.5. The van der Waals surface area contributed by atoms with Crippen molar-refractivity contribution in [1.29, 1.82) is 0 Å². The van der Waals surface area contributed by atoms with Gasteiger partial charge in [0, 0.05) is 26.7 Å². The second-order valence-electron chi connectivity index (χ2n) is 2.75. The molecule has 0 aromatic heterocycles. The van der Waals surface area contributed by atoms with Gasteiger partial charge < -0.3 is 9.64 Å². The van der Waals surface area contributed by atoms with Crippen molar-refractivity contribution >= 4 is 5.91 Å². The number of nitrogens with zero attached hydrogens (tertiary/aromatic N) is 1. The molecule has 0 aliphatic heterocycles. The Kier molecular flexibility index (Phi) is 7.04. The Hall–Kier alpha value is -1.01. The van der Waals surface area contributed by atoms with Crippen LogP contribution in [0.15, 0.2) is 0 Å². The summed E-state index contributed by atoms with van der Waals surface area (Å²) in [5.74, 6) is 2.50. The monoisotopic (exact) mass is 183 g/mol. The third kappa shape index (κ3) is 6.18. The van der Waals surface area contributed by atoms with Crippen LogP contribution in [-0.2, 0) is 9.53 Å². The van der Waals surface area contributed by atoms with Crippen LogP contribution in [0.3, 0.4) is 0 Å². The Morgan fingerprint density at radius 2 is 2.31 bits per heavy atom. The molecule has 0 unspecified atom stereocenters. The summed E-state index contributed by atoms with van der Waals surface area (Å²) in [6.45, 7) is 3.67. The molecule has 0 fully saturated rings. The highest BCUT2D eigenvalue weighted by Crippen LogP contribution is 1.95. The molecule has 0 aliphatic carbocycles. The second kappa shape index (κ2) is 7.63. The maximum Gasteiger partial charge on any atom is 0.223 e. The summed E-state index contributed by atoms with van der Waals surface area (Å²) in [4.78, 5) is 12.8. The van der Waals surface area contributed by atoms with Crippen LogP contribution in [0.2, 0.25) is 0 Å². The van der Waals surface area contributed by atoms with Gasteiger partial charge in [-0.25, -0.2) is 0 Å². The molecule has 74 valence electrons. The van der Waals surface area contributed by atoms with Crippen LogP contribution in [-0.4, -0.2) is 37.6 Å². The number of carbonyl (C=O) groups is 1. The number of hydrogen-bond acceptors (Lipinski definition) is 2. The molecule has 0 radical (unpaired) electrons. The van der Waals surface area contributed by atoms with Gasteiger partial charge in [0.1, 0.15) is 0 Å². The van der Waals surface area contributed by atoms with Crippen molar-refractivity contribution < 1.29 is 9.53 Å². The number of amides is 1. The lowest BCUT2D eigenvalue weighted by Crippen LogP contribution is -2.26. The minimum absolute atomic E-state index is 0.0812. The van der Waals surface area contributed by atoms with Gasteiger partial charge in [0.25, 0.3) is 0 Å². The molecule has 13 heavy (non-hydrogen) atoms. The van der Waals surface area contributed by atoms with E-state index in [2.05, 4.69) is 5.92 Å². The van der Waals surface area contributed by atoms with E-state index in [-0.39, 0.29) is 5.91 Å². The summed E-state index contributed by atoms with van der Waals surface area (Å²) >= 11 is 0. The van der Waals surface area contributed by atoms with Crippen LogP contribution in [0.25, 0.3) is 0 Å². The summed E-state index contributed by atoms with van der Waals surface area (Å²) in [5, 5.41) is 0. The zero-order valence-electron chi connectivity index (χ0n) is 8.38. The molecular formula is C10H17NO2. The molecule has 0 aliphatic rings. The Labute approximate surface area is 80.1 Å². The van der Waals surface area contributed by atoms with Crippen molar-refractivity contribution in [2.45, 2.75) is 19.8 Å². The number of ether oxygens (including phenoxy) is 1. The Morgan fingerprint density at radius 3 is 2.85 bits per heavy atom. The van der Waals surface area contributed by atoms with Crippen LogP contribution in [0.5, 0.6) is 0 Å². The van der Waals surface area contributed by atoms with Crippen LogP contribution < -0.4 is 0 Å². The molecule has 3 heteroatoms. The summed E-state index contributed by atoms with van der Waals surface area (Å²) in [6, 6.07) is 0. The Bertz CT molecular complexity index is 184. The van der Waals surface area contributed by atoms with E-state index < -0.39 is 0 Å². The lowest BCUT2D eigenvalue weighted by atomic mass is 10.3. The molecule has 0 rings (SSSR count). The van der Waals surface area contributed by atoms with E-state index in [0.717, 1.165) is 6.42 Å². The fourth-order valence-corrected chi connectivity index (χ4v) is 0.886. The second-order valence-corrected chi connectivity index (χ2v) is 2.75. The predicted octanol–water partition coefficient (Wildman–Crippen LogP) is 0.895. The van der Waals surface area contributed by atoms with E-state index in [1.54, 1.807) is 11.9 Å². The first-order chi connectivity index (χ1) is 6.22. The van der Waals surface area contributed by atoms with Crippen molar-refractivity contribution in [3.05, 3.63) is 0 Å². The van der Waals surface area contributed by atoms with E-state index in [9.17, 15) is 4.79 Å². The Balaban J connectivity index is 3.45. The lowest BCUT2D eigenvalue weighted by molar-refractivity contribution is -0.129. The predicted molar refractivity (Wildman–Crippen MR) is 52.2 cm³/mol. The largest absolute Gasteiger partial charge is 0.382 e. The highest BCUT2D eigenvalue weighted by molar-refractivity contribution is 5.76. The third-order valence-corrected chi connectivity index (χ3v) is 1.64. The lowest BCUT2D eigenvalue weighted by Gasteiger charge is -2.13. The first kappa shape index (κ1) is 12.0. The van der Waals surface area contributed by atoms with Gasteiger partial charge in [0.2, 0.25) is 5.91 Å². The van der Waals surface area contributed by atoms with Gasteiger partial charge >= 0.3 is 0 Å². The maximum absolute atomic E-state index is 11.3. The molecule has 0 aromatic carbocycles. The number of carbonyl (C=O) groups excluding carboxylic acids is 1. The van der Waals surface area contributed by atoms with Gasteiger partial charge in [-0.3, -0.25) is 4.79 Å². The smallest absolute Gasteiger partial charge is 0.223 e. The zero-order chi connectivity index (χ0) is 10.1. The molecule has 0 saturated heterocycles. The van der Waals surface area contributed by atoms with Crippen molar-refractivity contribution in [3.8, 4) is 12.3 Å². The number of terminal acetylenes is 1. The van der Waals surface area contributed by atoms with Crippen molar-refractivity contribution in [1.82, 2.24) is 4.90 Å². The summed E-state index contributed by atoms with van der Waals surface area (Å²) in [6.07, 6.45) is 6.35. The molecule has 1 amide bonds. The molecule has 0 N–H and O–H groups in total. The zero-order valence-corrected chi connectivity index (χ0v) is 8.38. The van der Waals surface area contributed by atoms with Crippen molar-refractivity contribution in [2.75, 3.05) is 26.8 Å². The highest BCUT2D eigenvalue weighted by Gasteiger charge is 2.05. The molecular weight excluding hydrogens is 166 g/mol. The number of rotatable bonds is 6. The molecule has 0 atom stereocenters. The molecule has 0 aromatic rings. The number of hydrogen-bond donors (Lipinski definition) is 0. The van der Waals surface area contributed by atoms with Crippen LogP contribution in [0, 0.1) is 12.3 Å². The fourth-order valence-electron chi connectivity index (χ4n) is 0.886. The molecule has 0 spiro atoms.